The highest BCUT2D eigenvalue weighted by Crippen LogP contribution is 2.46. The summed E-state index contributed by atoms with van der Waals surface area (Å²) in [4.78, 5) is 0. The molecule has 0 amide bonds. The Labute approximate surface area is 63.0 Å². The molecular formula is C7H14ClN. The molecule has 54 valence electrons. The molecule has 1 aliphatic carbocycles. The van der Waals surface area contributed by atoms with Crippen molar-refractivity contribution in [3.8, 4) is 0 Å². The number of quaternary nitrogens is 1. The number of piperidine rings is 1. The molecule has 0 aromatic heterocycles. The van der Waals surface area contributed by atoms with E-state index < -0.39 is 0 Å². The summed E-state index contributed by atoms with van der Waals surface area (Å²) in [5.41, 5.74) is 0. The van der Waals surface area contributed by atoms with Gasteiger partial charge in [-0.05, 0) is 6.42 Å². The van der Waals surface area contributed by atoms with Gasteiger partial charge < -0.3 is 16.9 Å². The van der Waals surface area contributed by atoms with Crippen molar-refractivity contribution in [2.75, 3.05) is 27.2 Å². The van der Waals surface area contributed by atoms with Crippen molar-refractivity contribution in [3.63, 3.8) is 0 Å². The molecule has 2 aliphatic rings. The third-order valence-corrected chi connectivity index (χ3v) is 2.53. The number of hydrogen-bond acceptors (Lipinski definition) is 0. The molecule has 0 aromatic carbocycles. The maximum absolute atomic E-state index is 2.34. The molecule has 1 aliphatic heterocycles. The molecule has 0 bridgehead atoms. The molecule has 2 atom stereocenters. The highest BCUT2D eigenvalue weighted by Gasteiger charge is 2.51. The summed E-state index contributed by atoms with van der Waals surface area (Å²) in [5.74, 6) is 2.26. The van der Waals surface area contributed by atoms with Gasteiger partial charge in [0.25, 0.3) is 0 Å². The van der Waals surface area contributed by atoms with Crippen LogP contribution in [0.2, 0.25) is 0 Å². The summed E-state index contributed by atoms with van der Waals surface area (Å²) >= 11 is 0. The molecule has 9 heavy (non-hydrogen) atoms. The Balaban J connectivity index is 0.000000405. The first-order chi connectivity index (χ1) is 3.67. The summed E-state index contributed by atoms with van der Waals surface area (Å²) in [7, 11) is 4.68. The number of rotatable bonds is 0. The standard InChI is InChI=1S/C7H14N.ClH/c1-8(2)4-6-3-7(6)5-8;/h6-7H,3-5H2,1-2H3;1H/q+1;/p-1. The van der Waals surface area contributed by atoms with Crippen molar-refractivity contribution < 1.29 is 16.9 Å². The lowest BCUT2D eigenvalue weighted by Gasteiger charge is -2.24. The molecule has 0 aromatic rings. The Morgan fingerprint density at radius 2 is 1.56 bits per heavy atom. The average Bonchev–Trinajstić information content (AvgIpc) is 2.11. The Morgan fingerprint density at radius 3 is 1.78 bits per heavy atom. The molecular weight excluding hydrogens is 134 g/mol. The predicted molar refractivity (Wildman–Crippen MR) is 33.4 cm³/mol. The average molecular weight is 148 g/mol. The van der Waals surface area contributed by atoms with Gasteiger partial charge in [0.1, 0.15) is 0 Å². The molecule has 1 saturated heterocycles. The minimum atomic E-state index is 0. The van der Waals surface area contributed by atoms with Crippen molar-refractivity contribution in [3.05, 3.63) is 0 Å². The molecule has 2 fully saturated rings. The normalized spacial score (nSPS) is 43.3. The summed E-state index contributed by atoms with van der Waals surface area (Å²) in [6.07, 6.45) is 1.54. The topological polar surface area (TPSA) is 0 Å². The van der Waals surface area contributed by atoms with Crippen LogP contribution in [0.3, 0.4) is 0 Å². The maximum Gasteiger partial charge on any atom is 0.0816 e. The molecule has 0 radical (unpaired) electrons. The zero-order valence-corrected chi connectivity index (χ0v) is 6.86. The van der Waals surface area contributed by atoms with E-state index in [0.29, 0.717) is 0 Å². The molecule has 1 nitrogen and oxygen atoms in total. The van der Waals surface area contributed by atoms with Gasteiger partial charge in [-0.2, -0.15) is 0 Å². The van der Waals surface area contributed by atoms with Crippen LogP contribution in [0.1, 0.15) is 6.42 Å². The molecule has 2 heteroatoms. The molecule has 1 heterocycles. The van der Waals surface area contributed by atoms with Gasteiger partial charge in [0.15, 0.2) is 0 Å². The van der Waals surface area contributed by atoms with Crippen molar-refractivity contribution in [2.24, 2.45) is 11.8 Å². The third kappa shape index (κ3) is 1.22. The summed E-state index contributed by atoms with van der Waals surface area (Å²) < 4.78 is 1.29. The number of fused-ring (bicyclic) bond motifs is 1. The minimum Gasteiger partial charge on any atom is -1.00 e. The summed E-state index contributed by atoms with van der Waals surface area (Å²) in [6, 6.07) is 0. The van der Waals surface area contributed by atoms with E-state index in [1.165, 1.54) is 17.6 Å². The van der Waals surface area contributed by atoms with Gasteiger partial charge in [0, 0.05) is 11.8 Å². The second kappa shape index (κ2) is 1.86. The minimum absolute atomic E-state index is 0. The lowest BCUT2D eigenvalue weighted by atomic mass is 10.4. The second-order valence-corrected chi connectivity index (χ2v) is 4.06. The van der Waals surface area contributed by atoms with Gasteiger partial charge >= 0.3 is 0 Å². The van der Waals surface area contributed by atoms with E-state index in [2.05, 4.69) is 14.1 Å². The highest BCUT2D eigenvalue weighted by molar-refractivity contribution is 4.90. The van der Waals surface area contributed by atoms with E-state index in [1.54, 1.807) is 6.42 Å². The fourth-order valence-corrected chi connectivity index (χ4v) is 2.10. The molecule has 2 unspecified atom stereocenters. The Bertz CT molecular complexity index is 110. The van der Waals surface area contributed by atoms with Crippen LogP contribution < -0.4 is 12.4 Å². The fraction of sp³-hybridized carbons (Fsp3) is 1.00. The molecule has 0 spiro atoms. The maximum atomic E-state index is 2.34. The van der Waals surface area contributed by atoms with Gasteiger partial charge in [-0.1, -0.05) is 0 Å². The summed E-state index contributed by atoms with van der Waals surface area (Å²) in [5, 5.41) is 0. The first-order valence-corrected chi connectivity index (χ1v) is 3.49. The van der Waals surface area contributed by atoms with Crippen LogP contribution in [0.5, 0.6) is 0 Å². The van der Waals surface area contributed by atoms with Crippen LogP contribution in [-0.2, 0) is 0 Å². The zero-order valence-electron chi connectivity index (χ0n) is 6.10. The molecule has 0 N–H and O–H groups in total. The van der Waals surface area contributed by atoms with E-state index in [4.69, 9.17) is 0 Å². The first-order valence-electron chi connectivity index (χ1n) is 3.49. The predicted octanol–water partition coefficient (Wildman–Crippen LogP) is -2.28. The SMILES string of the molecule is C[N+]1(C)CC2CC2C1.[Cl-]. The van der Waals surface area contributed by atoms with E-state index >= 15 is 0 Å². The number of nitrogens with zero attached hydrogens (tertiary/aromatic N) is 1. The van der Waals surface area contributed by atoms with E-state index in [1.807, 2.05) is 0 Å². The lowest BCUT2D eigenvalue weighted by Crippen LogP contribution is -3.00. The Kier molecular flexibility index (Phi) is 1.52. The van der Waals surface area contributed by atoms with Gasteiger partial charge in [-0.15, -0.1) is 0 Å². The van der Waals surface area contributed by atoms with Gasteiger partial charge in [0.2, 0.25) is 0 Å². The largest absolute Gasteiger partial charge is 1.00 e. The van der Waals surface area contributed by atoms with E-state index in [9.17, 15) is 0 Å². The quantitative estimate of drug-likeness (QED) is 0.339. The number of halogens is 1. The number of hydrogen-bond donors (Lipinski definition) is 0. The van der Waals surface area contributed by atoms with Crippen LogP contribution in [0.4, 0.5) is 0 Å². The molecule has 1 saturated carbocycles. The zero-order chi connectivity index (χ0) is 5.78. The first kappa shape index (κ1) is 7.36. The smallest absolute Gasteiger partial charge is 0.0816 e. The second-order valence-electron chi connectivity index (χ2n) is 4.06. The van der Waals surface area contributed by atoms with Crippen molar-refractivity contribution in [2.45, 2.75) is 6.42 Å². The number of likely N-dealkylation sites (tertiary alicyclic amines) is 1. The van der Waals surface area contributed by atoms with Crippen LogP contribution >= 0.6 is 0 Å². The van der Waals surface area contributed by atoms with Crippen LogP contribution in [0, 0.1) is 11.8 Å². The summed E-state index contributed by atoms with van der Waals surface area (Å²) in [6.45, 7) is 2.90. The lowest BCUT2D eigenvalue weighted by molar-refractivity contribution is -0.883. The Hall–Kier alpha value is 0.250. The van der Waals surface area contributed by atoms with Crippen molar-refractivity contribution in [1.82, 2.24) is 0 Å². The molecule has 2 rings (SSSR count). The van der Waals surface area contributed by atoms with Gasteiger partial charge in [0.05, 0.1) is 27.2 Å². The van der Waals surface area contributed by atoms with Gasteiger partial charge in [-0.3, -0.25) is 0 Å². The fourth-order valence-electron chi connectivity index (χ4n) is 2.10. The van der Waals surface area contributed by atoms with Crippen LogP contribution in [0.25, 0.3) is 0 Å². The highest BCUT2D eigenvalue weighted by atomic mass is 35.5. The van der Waals surface area contributed by atoms with E-state index in [0.717, 1.165) is 11.8 Å². The monoisotopic (exact) mass is 147 g/mol. The van der Waals surface area contributed by atoms with Gasteiger partial charge in [-0.25, -0.2) is 0 Å². The van der Waals surface area contributed by atoms with Crippen molar-refractivity contribution in [1.29, 1.82) is 0 Å². The Morgan fingerprint density at radius 1 is 1.11 bits per heavy atom. The van der Waals surface area contributed by atoms with Crippen molar-refractivity contribution >= 4 is 0 Å². The van der Waals surface area contributed by atoms with Crippen LogP contribution in [0.15, 0.2) is 0 Å². The van der Waals surface area contributed by atoms with Crippen LogP contribution in [-0.4, -0.2) is 31.7 Å². The third-order valence-electron chi connectivity index (χ3n) is 2.53. The van der Waals surface area contributed by atoms with E-state index in [-0.39, 0.29) is 12.4 Å².